The average molecular weight is 390 g/mol. The predicted molar refractivity (Wildman–Crippen MR) is 96.9 cm³/mol. The zero-order valence-corrected chi connectivity index (χ0v) is 15.4. The van der Waals surface area contributed by atoms with Crippen LogP contribution in [-0.4, -0.2) is 24.7 Å². The van der Waals surface area contributed by atoms with Gasteiger partial charge < -0.3 is 5.11 Å². The van der Waals surface area contributed by atoms with Gasteiger partial charge in [-0.2, -0.15) is 10.2 Å². The van der Waals surface area contributed by atoms with Crippen molar-refractivity contribution in [2.45, 2.75) is 45.8 Å². The van der Waals surface area contributed by atoms with E-state index in [1.165, 1.54) is 41.8 Å². The number of hydrogen-bond acceptors (Lipinski definition) is 3. The van der Waals surface area contributed by atoms with Gasteiger partial charge in [-0.05, 0) is 55.5 Å². The second kappa shape index (κ2) is 7.43. The van der Waals surface area contributed by atoms with Crippen LogP contribution in [-0.2, 0) is 19.6 Å². The minimum atomic E-state index is -2.73. The first-order valence-corrected chi connectivity index (χ1v) is 9.24. The van der Waals surface area contributed by atoms with Crippen molar-refractivity contribution in [3.8, 4) is 5.69 Å². The molecule has 0 radical (unpaired) electrons. The summed E-state index contributed by atoms with van der Waals surface area (Å²) in [5, 5.41) is 18.1. The molecule has 1 fully saturated rings. The standard InChI is InChI=1S/C20H21F3N4O/c1-12-14(10-26(24-12)9-13-2-3-13)7-17-8-18(20(22)23)25-27(17)19-5-4-16(21)6-15(19)11-28/h4-6,8,10,13,20,28H,2-3,7,9,11H2,1H3. The van der Waals surface area contributed by atoms with Gasteiger partial charge in [0.1, 0.15) is 11.5 Å². The summed E-state index contributed by atoms with van der Waals surface area (Å²) in [6.45, 7) is 2.34. The summed E-state index contributed by atoms with van der Waals surface area (Å²) in [5.74, 6) is 0.169. The molecule has 0 aliphatic heterocycles. The summed E-state index contributed by atoms with van der Waals surface area (Å²) in [6, 6.07) is 5.20. The summed E-state index contributed by atoms with van der Waals surface area (Å²) in [4.78, 5) is 0. The lowest BCUT2D eigenvalue weighted by molar-refractivity contribution is 0.145. The molecule has 0 saturated heterocycles. The quantitative estimate of drug-likeness (QED) is 0.665. The van der Waals surface area contributed by atoms with Gasteiger partial charge in [-0.1, -0.05) is 0 Å². The van der Waals surface area contributed by atoms with Crippen molar-refractivity contribution in [2.24, 2.45) is 5.92 Å². The van der Waals surface area contributed by atoms with E-state index >= 15 is 0 Å². The fraction of sp³-hybridized carbons (Fsp3) is 0.400. The van der Waals surface area contributed by atoms with Crippen LogP contribution in [0.25, 0.3) is 5.69 Å². The van der Waals surface area contributed by atoms with Crippen LogP contribution in [0.2, 0.25) is 0 Å². The molecule has 5 nitrogen and oxygen atoms in total. The van der Waals surface area contributed by atoms with E-state index in [0.717, 1.165) is 17.8 Å². The lowest BCUT2D eigenvalue weighted by Gasteiger charge is -2.11. The van der Waals surface area contributed by atoms with Crippen LogP contribution in [0, 0.1) is 18.7 Å². The topological polar surface area (TPSA) is 55.9 Å². The summed E-state index contributed by atoms with van der Waals surface area (Å²) in [5.41, 5.74) is 2.61. The Morgan fingerprint density at radius 2 is 1.96 bits per heavy atom. The Kier molecular flexibility index (Phi) is 4.97. The monoisotopic (exact) mass is 390 g/mol. The molecule has 2 heterocycles. The van der Waals surface area contributed by atoms with Gasteiger partial charge in [-0.3, -0.25) is 4.68 Å². The zero-order chi connectivity index (χ0) is 19.8. The molecule has 3 aromatic rings. The SMILES string of the molecule is Cc1nn(CC2CC2)cc1Cc1cc(C(F)F)nn1-c1ccc(F)cc1CO. The molecule has 148 valence electrons. The first-order valence-electron chi connectivity index (χ1n) is 9.24. The number of aliphatic hydroxyl groups is 1. The summed E-state index contributed by atoms with van der Waals surface area (Å²) < 4.78 is 43.4. The molecule has 1 aromatic carbocycles. The van der Waals surface area contributed by atoms with Gasteiger partial charge in [0.15, 0.2) is 0 Å². The van der Waals surface area contributed by atoms with E-state index in [-0.39, 0.29) is 11.3 Å². The molecule has 8 heteroatoms. The largest absolute Gasteiger partial charge is 0.392 e. The van der Waals surface area contributed by atoms with E-state index in [9.17, 15) is 18.3 Å². The van der Waals surface area contributed by atoms with Crippen LogP contribution in [0.15, 0.2) is 30.5 Å². The minimum absolute atomic E-state index is 0.284. The van der Waals surface area contributed by atoms with Crippen LogP contribution < -0.4 is 0 Å². The second-order valence-electron chi connectivity index (χ2n) is 7.29. The number of aryl methyl sites for hydroxylation is 1. The Morgan fingerprint density at radius 1 is 1.18 bits per heavy atom. The minimum Gasteiger partial charge on any atom is -0.392 e. The lowest BCUT2D eigenvalue weighted by atomic mass is 10.1. The van der Waals surface area contributed by atoms with E-state index in [4.69, 9.17) is 0 Å². The van der Waals surface area contributed by atoms with Crippen LogP contribution in [0.1, 0.15) is 47.5 Å². The maximum atomic E-state index is 13.5. The normalized spacial score (nSPS) is 14.2. The molecule has 28 heavy (non-hydrogen) atoms. The zero-order valence-electron chi connectivity index (χ0n) is 15.4. The molecule has 1 N–H and O–H groups in total. The highest BCUT2D eigenvalue weighted by atomic mass is 19.3. The summed E-state index contributed by atoms with van der Waals surface area (Å²) in [6.07, 6.45) is 2.01. The molecule has 1 aliphatic rings. The number of rotatable bonds is 7. The van der Waals surface area contributed by atoms with Crippen molar-refractivity contribution in [1.29, 1.82) is 0 Å². The van der Waals surface area contributed by atoms with Gasteiger partial charge in [-0.15, -0.1) is 0 Å². The molecule has 0 bridgehead atoms. The van der Waals surface area contributed by atoms with Gasteiger partial charge in [0, 0.05) is 30.4 Å². The second-order valence-corrected chi connectivity index (χ2v) is 7.29. The molecule has 0 unspecified atom stereocenters. The molecule has 1 aliphatic carbocycles. The van der Waals surface area contributed by atoms with Crippen LogP contribution in [0.3, 0.4) is 0 Å². The van der Waals surface area contributed by atoms with Crippen molar-refractivity contribution in [3.05, 3.63) is 64.5 Å². The first-order chi connectivity index (χ1) is 13.4. The van der Waals surface area contributed by atoms with E-state index in [1.807, 2.05) is 17.8 Å². The van der Waals surface area contributed by atoms with Crippen molar-refractivity contribution in [2.75, 3.05) is 0 Å². The van der Waals surface area contributed by atoms with Crippen LogP contribution in [0.5, 0.6) is 0 Å². The fourth-order valence-corrected chi connectivity index (χ4v) is 3.36. The molecule has 0 spiro atoms. The molecular formula is C20H21F3N4O. The van der Waals surface area contributed by atoms with Gasteiger partial charge in [0.05, 0.1) is 18.0 Å². The number of halogens is 3. The molecule has 1 saturated carbocycles. The maximum absolute atomic E-state index is 13.5. The first kappa shape index (κ1) is 18.7. The maximum Gasteiger partial charge on any atom is 0.282 e. The summed E-state index contributed by atoms with van der Waals surface area (Å²) in [7, 11) is 0. The third kappa shape index (κ3) is 3.82. The molecule has 4 rings (SSSR count). The third-order valence-corrected chi connectivity index (χ3v) is 5.03. The fourth-order valence-electron chi connectivity index (χ4n) is 3.36. The Morgan fingerprint density at radius 3 is 2.64 bits per heavy atom. The smallest absolute Gasteiger partial charge is 0.282 e. The van der Waals surface area contributed by atoms with Crippen molar-refractivity contribution in [1.82, 2.24) is 19.6 Å². The molecule has 0 atom stereocenters. The average Bonchev–Trinajstić information content (AvgIpc) is 3.26. The molecular weight excluding hydrogens is 369 g/mol. The molecule has 0 amide bonds. The number of aromatic nitrogens is 4. The third-order valence-electron chi connectivity index (χ3n) is 5.03. The van der Waals surface area contributed by atoms with E-state index in [2.05, 4.69) is 10.2 Å². The number of benzene rings is 1. The highest BCUT2D eigenvalue weighted by Crippen LogP contribution is 2.31. The number of alkyl halides is 2. The summed E-state index contributed by atoms with van der Waals surface area (Å²) >= 11 is 0. The van der Waals surface area contributed by atoms with Crippen molar-refractivity contribution < 1.29 is 18.3 Å². The van der Waals surface area contributed by atoms with Crippen LogP contribution in [0.4, 0.5) is 13.2 Å². The Balaban J connectivity index is 1.72. The van der Waals surface area contributed by atoms with E-state index < -0.39 is 18.8 Å². The number of nitrogens with zero attached hydrogens (tertiary/aromatic N) is 4. The highest BCUT2D eigenvalue weighted by molar-refractivity contribution is 5.43. The Hall–Kier alpha value is -2.61. The number of hydrogen-bond donors (Lipinski definition) is 1. The Labute approximate surface area is 160 Å². The predicted octanol–water partition coefficient (Wildman–Crippen LogP) is 3.95. The molecule has 2 aromatic heterocycles. The van der Waals surface area contributed by atoms with Gasteiger partial charge >= 0.3 is 0 Å². The lowest BCUT2D eigenvalue weighted by Crippen LogP contribution is -2.07. The van der Waals surface area contributed by atoms with Gasteiger partial charge in [-0.25, -0.2) is 17.9 Å². The number of aliphatic hydroxyl groups excluding tert-OH is 1. The highest BCUT2D eigenvalue weighted by Gasteiger charge is 2.23. The van der Waals surface area contributed by atoms with E-state index in [1.54, 1.807) is 0 Å². The Bertz CT molecular complexity index is 991. The van der Waals surface area contributed by atoms with Crippen molar-refractivity contribution >= 4 is 0 Å². The van der Waals surface area contributed by atoms with Crippen LogP contribution >= 0.6 is 0 Å². The van der Waals surface area contributed by atoms with Gasteiger partial charge in [0.25, 0.3) is 6.43 Å². The van der Waals surface area contributed by atoms with Gasteiger partial charge in [0.2, 0.25) is 0 Å². The van der Waals surface area contributed by atoms with E-state index in [0.29, 0.717) is 23.7 Å². The van der Waals surface area contributed by atoms with Crippen molar-refractivity contribution in [3.63, 3.8) is 0 Å².